The molecule has 0 saturated carbocycles. The molecule has 0 radical (unpaired) electrons. The third-order valence-electron chi connectivity index (χ3n) is 2.52. The predicted octanol–water partition coefficient (Wildman–Crippen LogP) is 2.81. The Morgan fingerprint density at radius 1 is 1.47 bits per heavy atom. The molecule has 1 atom stereocenters. The minimum absolute atomic E-state index is 0.0830. The van der Waals surface area contributed by atoms with Gasteiger partial charge in [0.25, 0.3) is 0 Å². The van der Waals surface area contributed by atoms with Gasteiger partial charge < -0.3 is 4.74 Å². The van der Waals surface area contributed by atoms with Crippen molar-refractivity contribution < 1.29 is 13.9 Å². The van der Waals surface area contributed by atoms with Crippen LogP contribution in [0.1, 0.15) is 24.2 Å². The highest BCUT2D eigenvalue weighted by molar-refractivity contribution is 5.99. The van der Waals surface area contributed by atoms with Gasteiger partial charge in [0, 0.05) is 5.56 Å². The summed E-state index contributed by atoms with van der Waals surface area (Å²) in [7, 11) is 1.35. The Labute approximate surface area is 99.8 Å². The van der Waals surface area contributed by atoms with Crippen molar-refractivity contribution in [3.05, 3.63) is 29.6 Å². The first-order chi connectivity index (χ1) is 8.01. The van der Waals surface area contributed by atoms with Gasteiger partial charge in [0.2, 0.25) is 0 Å². The Morgan fingerprint density at radius 2 is 2.12 bits per heavy atom. The van der Waals surface area contributed by atoms with E-state index in [1.165, 1.54) is 19.2 Å². The Bertz CT molecular complexity index is 463. The zero-order chi connectivity index (χ0) is 13.0. The van der Waals surface area contributed by atoms with E-state index in [1.54, 1.807) is 13.8 Å². The van der Waals surface area contributed by atoms with Gasteiger partial charge in [-0.3, -0.25) is 4.79 Å². The zero-order valence-electron chi connectivity index (χ0n) is 10.0. The molecule has 0 bridgehead atoms. The van der Waals surface area contributed by atoms with E-state index in [0.29, 0.717) is 0 Å². The van der Waals surface area contributed by atoms with Crippen LogP contribution in [-0.2, 0) is 0 Å². The number of hydrogen-bond donors (Lipinski definition) is 0. The fraction of sp³-hybridized carbons (Fsp3) is 0.385. The van der Waals surface area contributed by atoms with Crippen molar-refractivity contribution in [1.82, 2.24) is 0 Å². The van der Waals surface area contributed by atoms with Crippen LogP contribution in [0.5, 0.6) is 5.75 Å². The van der Waals surface area contributed by atoms with Gasteiger partial charge in [-0.25, -0.2) is 4.39 Å². The summed E-state index contributed by atoms with van der Waals surface area (Å²) in [6.07, 6.45) is 0. The predicted molar refractivity (Wildman–Crippen MR) is 61.2 cm³/mol. The average Bonchev–Trinajstić information content (AvgIpc) is 2.29. The molecule has 90 valence electrons. The molecule has 0 N–H and O–H groups in total. The van der Waals surface area contributed by atoms with Gasteiger partial charge in [0.05, 0.1) is 13.2 Å². The topological polar surface area (TPSA) is 50.1 Å². The van der Waals surface area contributed by atoms with E-state index in [-0.39, 0.29) is 23.0 Å². The summed E-state index contributed by atoms with van der Waals surface area (Å²) in [4.78, 5) is 11.9. The minimum atomic E-state index is -0.747. The number of ether oxygens (including phenoxy) is 1. The molecule has 1 rings (SSSR count). The second kappa shape index (κ2) is 5.44. The molecule has 0 aliphatic carbocycles. The summed E-state index contributed by atoms with van der Waals surface area (Å²) in [5.41, 5.74) is 0.198. The lowest BCUT2D eigenvalue weighted by atomic mass is 9.89. The number of halogens is 1. The van der Waals surface area contributed by atoms with Gasteiger partial charge in [-0.15, -0.1) is 0 Å². The fourth-order valence-electron chi connectivity index (χ4n) is 1.51. The molecular formula is C13H14FNO2. The van der Waals surface area contributed by atoms with E-state index in [2.05, 4.69) is 0 Å². The molecule has 4 heteroatoms. The lowest BCUT2D eigenvalue weighted by Gasteiger charge is -2.12. The minimum Gasteiger partial charge on any atom is -0.494 e. The van der Waals surface area contributed by atoms with Gasteiger partial charge in [-0.05, 0) is 24.1 Å². The molecule has 0 heterocycles. The largest absolute Gasteiger partial charge is 0.494 e. The molecule has 17 heavy (non-hydrogen) atoms. The number of carbonyl (C=O) groups excluding carboxylic acids is 1. The third-order valence-corrected chi connectivity index (χ3v) is 2.52. The van der Waals surface area contributed by atoms with Crippen molar-refractivity contribution in [2.75, 3.05) is 7.11 Å². The van der Waals surface area contributed by atoms with Crippen LogP contribution in [0.25, 0.3) is 0 Å². The van der Waals surface area contributed by atoms with Crippen molar-refractivity contribution in [1.29, 1.82) is 5.26 Å². The average molecular weight is 235 g/mol. The van der Waals surface area contributed by atoms with E-state index in [0.717, 1.165) is 6.07 Å². The van der Waals surface area contributed by atoms with Gasteiger partial charge in [0.1, 0.15) is 5.92 Å². The fourth-order valence-corrected chi connectivity index (χ4v) is 1.51. The summed E-state index contributed by atoms with van der Waals surface area (Å²) in [5.74, 6) is -1.72. The van der Waals surface area contributed by atoms with Crippen LogP contribution in [0, 0.1) is 29.0 Å². The highest BCUT2D eigenvalue weighted by Gasteiger charge is 2.23. The van der Waals surface area contributed by atoms with E-state index < -0.39 is 11.7 Å². The second-order valence-electron chi connectivity index (χ2n) is 4.06. The molecule has 0 aliphatic rings. The summed E-state index contributed by atoms with van der Waals surface area (Å²) in [6, 6.07) is 5.91. The van der Waals surface area contributed by atoms with Crippen LogP contribution >= 0.6 is 0 Å². The van der Waals surface area contributed by atoms with Gasteiger partial charge in [0.15, 0.2) is 17.3 Å². The number of Topliss-reactive ketones (excluding diaryl/α,β-unsaturated/α-hetero) is 1. The quantitative estimate of drug-likeness (QED) is 0.754. The second-order valence-corrected chi connectivity index (χ2v) is 4.06. The zero-order valence-corrected chi connectivity index (χ0v) is 10.0. The summed E-state index contributed by atoms with van der Waals surface area (Å²) in [5, 5.41) is 8.91. The van der Waals surface area contributed by atoms with Crippen molar-refractivity contribution in [3.63, 3.8) is 0 Å². The number of benzene rings is 1. The van der Waals surface area contributed by atoms with E-state index >= 15 is 0 Å². The number of hydrogen-bond acceptors (Lipinski definition) is 3. The van der Waals surface area contributed by atoms with Gasteiger partial charge in [-0.1, -0.05) is 13.8 Å². The summed E-state index contributed by atoms with van der Waals surface area (Å²) < 4.78 is 18.2. The lowest BCUT2D eigenvalue weighted by molar-refractivity contribution is 0.0924. The maximum absolute atomic E-state index is 13.4. The number of rotatable bonds is 4. The number of nitrogens with zero attached hydrogens (tertiary/aromatic N) is 1. The molecule has 0 aromatic heterocycles. The first kappa shape index (κ1) is 13.2. The molecule has 3 nitrogen and oxygen atoms in total. The van der Waals surface area contributed by atoms with Crippen LogP contribution in [0.2, 0.25) is 0 Å². The SMILES string of the molecule is COc1ccc(C(=O)C(C#N)C(C)C)cc1F. The number of nitriles is 1. The summed E-state index contributed by atoms with van der Waals surface area (Å²) in [6.45, 7) is 3.57. The van der Waals surface area contributed by atoms with E-state index in [4.69, 9.17) is 10.00 Å². The van der Waals surface area contributed by atoms with E-state index in [9.17, 15) is 9.18 Å². The van der Waals surface area contributed by atoms with Crippen LogP contribution < -0.4 is 4.74 Å². The molecular weight excluding hydrogens is 221 g/mol. The Morgan fingerprint density at radius 3 is 2.53 bits per heavy atom. The standard InChI is InChI=1S/C13H14FNO2/c1-8(2)10(7-15)13(16)9-4-5-12(17-3)11(14)6-9/h4-6,8,10H,1-3H3. The van der Waals surface area contributed by atoms with Gasteiger partial charge >= 0.3 is 0 Å². The third kappa shape index (κ3) is 2.82. The molecule has 0 amide bonds. The van der Waals surface area contributed by atoms with Crippen molar-refractivity contribution in [3.8, 4) is 11.8 Å². The van der Waals surface area contributed by atoms with E-state index in [1.807, 2.05) is 6.07 Å². The first-order valence-corrected chi connectivity index (χ1v) is 5.28. The highest BCUT2D eigenvalue weighted by atomic mass is 19.1. The van der Waals surface area contributed by atoms with Crippen molar-refractivity contribution in [2.45, 2.75) is 13.8 Å². The van der Waals surface area contributed by atoms with Crippen molar-refractivity contribution in [2.24, 2.45) is 11.8 Å². The smallest absolute Gasteiger partial charge is 0.180 e. The molecule has 0 spiro atoms. The van der Waals surface area contributed by atoms with Crippen LogP contribution in [0.3, 0.4) is 0 Å². The first-order valence-electron chi connectivity index (χ1n) is 5.28. The Balaban J connectivity index is 3.05. The summed E-state index contributed by atoms with van der Waals surface area (Å²) >= 11 is 0. The lowest BCUT2D eigenvalue weighted by Crippen LogP contribution is -2.18. The van der Waals surface area contributed by atoms with Gasteiger partial charge in [-0.2, -0.15) is 5.26 Å². The molecule has 1 unspecified atom stereocenters. The van der Waals surface area contributed by atoms with Crippen LogP contribution in [0.15, 0.2) is 18.2 Å². The monoisotopic (exact) mass is 235 g/mol. The van der Waals surface area contributed by atoms with Crippen LogP contribution in [0.4, 0.5) is 4.39 Å². The Hall–Kier alpha value is -1.89. The molecule has 0 aliphatic heterocycles. The van der Waals surface area contributed by atoms with Crippen LogP contribution in [-0.4, -0.2) is 12.9 Å². The number of ketones is 1. The maximum atomic E-state index is 13.4. The molecule has 0 saturated heterocycles. The molecule has 1 aromatic rings. The number of carbonyl (C=O) groups is 1. The maximum Gasteiger partial charge on any atom is 0.180 e. The Kier molecular flexibility index (Phi) is 4.22. The van der Waals surface area contributed by atoms with Crippen molar-refractivity contribution >= 4 is 5.78 Å². The normalized spacial score (nSPS) is 12.0. The highest BCUT2D eigenvalue weighted by Crippen LogP contribution is 2.22. The molecule has 1 aromatic carbocycles. The molecule has 0 fully saturated rings. The number of methoxy groups -OCH3 is 1.